The molecule has 0 spiro atoms. The van der Waals surface area contributed by atoms with Gasteiger partial charge in [0.25, 0.3) is 0 Å². The van der Waals surface area contributed by atoms with E-state index in [2.05, 4.69) is 10.1 Å². The van der Waals surface area contributed by atoms with E-state index in [-0.39, 0.29) is 29.7 Å². The van der Waals surface area contributed by atoms with Crippen LogP contribution in [-0.4, -0.2) is 36.7 Å². The van der Waals surface area contributed by atoms with Crippen molar-refractivity contribution in [1.29, 1.82) is 0 Å². The summed E-state index contributed by atoms with van der Waals surface area (Å²) in [5, 5.41) is 3.97. The molecule has 0 aliphatic heterocycles. The van der Waals surface area contributed by atoms with Crippen LogP contribution >= 0.6 is 0 Å². The highest BCUT2D eigenvalue weighted by atomic mass is 32.2. The van der Waals surface area contributed by atoms with Crippen molar-refractivity contribution in [3.8, 4) is 0 Å². The van der Waals surface area contributed by atoms with E-state index in [1.54, 1.807) is 0 Å². The normalized spacial score (nSPS) is 16.9. The van der Waals surface area contributed by atoms with Crippen LogP contribution in [0.25, 0.3) is 0 Å². The molecule has 1 heterocycles. The van der Waals surface area contributed by atoms with Crippen molar-refractivity contribution in [2.24, 2.45) is 5.41 Å². The molecule has 4 unspecified atom stereocenters. The number of hydrogen-bond acceptors (Lipinski definition) is 6. The summed E-state index contributed by atoms with van der Waals surface area (Å²) in [6.45, 7) is 11.3. The number of hydrogen-bond donors (Lipinski definition) is 1. The highest BCUT2D eigenvalue weighted by Gasteiger charge is 2.25. The summed E-state index contributed by atoms with van der Waals surface area (Å²) < 4.78 is 30.4. The van der Waals surface area contributed by atoms with E-state index in [1.807, 2.05) is 41.5 Å². The Balaban J connectivity index is 2.49. The van der Waals surface area contributed by atoms with E-state index in [0.717, 1.165) is 6.42 Å². The summed E-state index contributed by atoms with van der Waals surface area (Å²) in [7, 11) is 0. The van der Waals surface area contributed by atoms with Crippen LogP contribution in [0.15, 0.2) is 4.52 Å². The number of carbonyl (C=O) groups excluding carboxylic acids is 1. The molecule has 0 aliphatic rings. The highest BCUT2D eigenvalue weighted by Crippen LogP contribution is 2.24. The number of carbonyl (C=O) groups is 1. The monoisotopic (exact) mass is 374 g/mol. The third-order valence-corrected chi connectivity index (χ3v) is 4.56. The lowest BCUT2D eigenvalue weighted by Gasteiger charge is -2.21. The predicted molar refractivity (Wildman–Crippen MR) is 95.6 cm³/mol. The molecule has 144 valence electrons. The number of esters is 1. The Bertz CT molecular complexity index is 582. The van der Waals surface area contributed by atoms with Crippen molar-refractivity contribution in [1.82, 2.24) is 10.1 Å². The van der Waals surface area contributed by atoms with Gasteiger partial charge in [-0.05, 0) is 47.0 Å². The molecule has 25 heavy (non-hydrogen) atoms. The second kappa shape index (κ2) is 9.43. The van der Waals surface area contributed by atoms with E-state index in [9.17, 15) is 9.00 Å². The molecule has 8 heteroatoms. The Morgan fingerprint density at radius 1 is 1.20 bits per heavy atom. The predicted octanol–water partition coefficient (Wildman–Crippen LogP) is 3.65. The number of rotatable bonds is 9. The van der Waals surface area contributed by atoms with Crippen molar-refractivity contribution in [3.05, 3.63) is 11.7 Å². The Morgan fingerprint density at radius 2 is 1.84 bits per heavy atom. The van der Waals surface area contributed by atoms with Gasteiger partial charge in [-0.15, -0.1) is 0 Å². The molecule has 1 N–H and O–H groups in total. The molecule has 0 amide bonds. The molecule has 0 saturated heterocycles. The molecule has 1 rings (SSSR count). The van der Waals surface area contributed by atoms with E-state index in [4.69, 9.17) is 13.8 Å². The summed E-state index contributed by atoms with van der Waals surface area (Å²) in [4.78, 5) is 16.3. The second-order valence-corrected chi connectivity index (χ2v) is 8.70. The number of nitrogens with zero attached hydrogens (tertiary/aromatic N) is 2. The van der Waals surface area contributed by atoms with Gasteiger partial charge in [0.15, 0.2) is 16.9 Å². The van der Waals surface area contributed by atoms with Crippen molar-refractivity contribution >= 4 is 17.0 Å². The largest absolute Gasteiger partial charge is 0.462 e. The average Bonchev–Trinajstić information content (AvgIpc) is 2.99. The minimum Gasteiger partial charge on any atom is -0.462 e. The van der Waals surface area contributed by atoms with Gasteiger partial charge in [-0.2, -0.15) is 4.98 Å². The standard InChI is InChI=1S/C17H30N2O5S/c1-11(9-10-25(21)22)14-18-15(24-19-14)12(2)7-8-13(3)23-16(20)17(4,5)6/h11-13H,7-10H2,1-6H3,(H,21,22). The van der Waals surface area contributed by atoms with Gasteiger partial charge in [-0.1, -0.05) is 19.0 Å². The van der Waals surface area contributed by atoms with E-state index in [1.165, 1.54) is 0 Å². The van der Waals surface area contributed by atoms with E-state index < -0.39 is 16.5 Å². The van der Waals surface area contributed by atoms with Crippen LogP contribution in [0.5, 0.6) is 0 Å². The van der Waals surface area contributed by atoms with Crippen molar-refractivity contribution in [3.63, 3.8) is 0 Å². The average molecular weight is 375 g/mol. The zero-order valence-corrected chi connectivity index (χ0v) is 16.8. The fourth-order valence-electron chi connectivity index (χ4n) is 2.08. The summed E-state index contributed by atoms with van der Waals surface area (Å²) in [5.41, 5.74) is -0.504. The van der Waals surface area contributed by atoms with Gasteiger partial charge in [0.05, 0.1) is 17.3 Å². The first-order chi connectivity index (χ1) is 11.5. The second-order valence-electron chi connectivity index (χ2n) is 7.65. The van der Waals surface area contributed by atoms with Gasteiger partial charge >= 0.3 is 5.97 Å². The lowest BCUT2D eigenvalue weighted by Crippen LogP contribution is -2.27. The molecule has 0 aliphatic carbocycles. The first-order valence-corrected chi connectivity index (χ1v) is 9.90. The van der Waals surface area contributed by atoms with Crippen LogP contribution < -0.4 is 0 Å². The van der Waals surface area contributed by atoms with Crippen molar-refractivity contribution in [2.75, 3.05) is 5.75 Å². The number of aromatic nitrogens is 2. The maximum absolute atomic E-state index is 11.9. The van der Waals surface area contributed by atoms with E-state index in [0.29, 0.717) is 24.6 Å². The highest BCUT2D eigenvalue weighted by molar-refractivity contribution is 7.79. The Kier molecular flexibility index (Phi) is 8.21. The molecule has 0 bridgehead atoms. The lowest BCUT2D eigenvalue weighted by atomic mass is 9.97. The molecule has 4 atom stereocenters. The first kappa shape index (κ1) is 21.8. The molecule has 1 aromatic heterocycles. The van der Waals surface area contributed by atoms with Crippen LogP contribution in [-0.2, 0) is 20.6 Å². The zero-order valence-electron chi connectivity index (χ0n) is 15.9. The van der Waals surface area contributed by atoms with Crippen LogP contribution in [0.1, 0.15) is 84.4 Å². The summed E-state index contributed by atoms with van der Waals surface area (Å²) >= 11 is -1.81. The maximum atomic E-state index is 11.9. The number of ether oxygens (including phenoxy) is 1. The third-order valence-electron chi connectivity index (χ3n) is 3.97. The molecule has 0 fully saturated rings. The molecular formula is C17H30N2O5S. The Morgan fingerprint density at radius 3 is 2.40 bits per heavy atom. The zero-order chi connectivity index (χ0) is 19.2. The summed E-state index contributed by atoms with van der Waals surface area (Å²) in [5.74, 6) is 1.10. The summed E-state index contributed by atoms with van der Waals surface area (Å²) in [6, 6.07) is 0. The third kappa shape index (κ3) is 7.64. The van der Waals surface area contributed by atoms with Gasteiger partial charge in [-0.3, -0.25) is 4.79 Å². The quantitative estimate of drug-likeness (QED) is 0.520. The lowest BCUT2D eigenvalue weighted by molar-refractivity contribution is -0.158. The molecule has 1 aromatic rings. The molecule has 7 nitrogen and oxygen atoms in total. The Labute approximate surface area is 152 Å². The van der Waals surface area contributed by atoms with Gasteiger partial charge in [0.2, 0.25) is 5.89 Å². The van der Waals surface area contributed by atoms with Crippen molar-refractivity contribution < 1.29 is 22.8 Å². The van der Waals surface area contributed by atoms with Crippen LogP contribution in [0.4, 0.5) is 0 Å². The van der Waals surface area contributed by atoms with Gasteiger partial charge in [0.1, 0.15) is 0 Å². The molecule has 0 radical (unpaired) electrons. The first-order valence-electron chi connectivity index (χ1n) is 8.62. The smallest absolute Gasteiger partial charge is 0.311 e. The van der Waals surface area contributed by atoms with Crippen LogP contribution in [0.2, 0.25) is 0 Å². The van der Waals surface area contributed by atoms with Gasteiger partial charge in [0, 0.05) is 11.8 Å². The van der Waals surface area contributed by atoms with Crippen molar-refractivity contribution in [2.45, 2.75) is 78.7 Å². The van der Waals surface area contributed by atoms with E-state index >= 15 is 0 Å². The minimum atomic E-state index is -1.81. The topological polar surface area (TPSA) is 103 Å². The molecule has 0 saturated carbocycles. The Hall–Kier alpha value is -1.28. The van der Waals surface area contributed by atoms with Gasteiger partial charge < -0.3 is 13.8 Å². The minimum absolute atomic E-state index is 0.0348. The fraction of sp³-hybridized carbons (Fsp3) is 0.824. The van der Waals surface area contributed by atoms with Gasteiger partial charge in [-0.25, -0.2) is 4.21 Å². The molecular weight excluding hydrogens is 344 g/mol. The van der Waals surface area contributed by atoms with Crippen LogP contribution in [0.3, 0.4) is 0 Å². The SMILES string of the molecule is CC(CCC(C)c1nc(C(C)CCS(=O)O)no1)OC(=O)C(C)(C)C. The fourth-order valence-corrected chi connectivity index (χ4v) is 2.64. The van der Waals surface area contributed by atoms with Crippen LogP contribution in [0, 0.1) is 5.41 Å². The maximum Gasteiger partial charge on any atom is 0.311 e. The summed E-state index contributed by atoms with van der Waals surface area (Å²) in [6.07, 6.45) is 1.82. The molecule has 0 aromatic carbocycles.